The summed E-state index contributed by atoms with van der Waals surface area (Å²) in [4.78, 5) is 24.5. The highest BCUT2D eigenvalue weighted by molar-refractivity contribution is 5.85. The molecule has 0 aromatic carbocycles. The van der Waals surface area contributed by atoms with Crippen LogP contribution in [0.2, 0.25) is 0 Å². The van der Waals surface area contributed by atoms with E-state index in [0.717, 1.165) is 84.8 Å². The summed E-state index contributed by atoms with van der Waals surface area (Å²) in [7, 11) is 0. The first kappa shape index (κ1) is 27.3. The highest BCUT2D eigenvalue weighted by Crippen LogP contribution is 2.24. The maximum Gasteiger partial charge on any atom is 0.224 e. The lowest BCUT2D eigenvalue weighted by molar-refractivity contribution is -0.127. The number of carbonyl (C=O) groups excluding carboxylic acids is 1. The summed E-state index contributed by atoms with van der Waals surface area (Å²) in [6.45, 7) is 11.4. The van der Waals surface area contributed by atoms with E-state index < -0.39 is 0 Å². The number of rotatable bonds is 7. The third-order valence-corrected chi connectivity index (χ3v) is 6.96. The van der Waals surface area contributed by atoms with Gasteiger partial charge in [-0.2, -0.15) is 0 Å². The van der Waals surface area contributed by atoms with Crippen molar-refractivity contribution in [2.75, 3.05) is 65.4 Å². The van der Waals surface area contributed by atoms with Crippen molar-refractivity contribution >= 4 is 30.7 Å². The molecule has 1 aromatic rings. The summed E-state index contributed by atoms with van der Waals surface area (Å²) in [5.74, 6) is 0.430. The zero-order valence-corrected chi connectivity index (χ0v) is 20.7. The Hall–Kier alpha value is -0.960. The number of pyridine rings is 1. The molecule has 0 aliphatic carbocycles. The highest BCUT2D eigenvalue weighted by Gasteiger charge is 2.31. The smallest absolute Gasteiger partial charge is 0.224 e. The van der Waals surface area contributed by atoms with Crippen LogP contribution in [0.5, 0.6) is 0 Å². The molecule has 1 unspecified atom stereocenters. The lowest BCUT2D eigenvalue weighted by Gasteiger charge is -2.42. The SMILES string of the molecule is Cl.Cl.O=C(NCCN1CCNCC1)C1CCCN(C2CCN(Cc3cccnc3)CC2)C1. The van der Waals surface area contributed by atoms with Gasteiger partial charge in [-0.3, -0.25) is 24.5 Å². The monoisotopic (exact) mass is 486 g/mol. The van der Waals surface area contributed by atoms with Crippen LogP contribution in [0.15, 0.2) is 24.5 Å². The molecule has 3 saturated heterocycles. The first-order chi connectivity index (χ1) is 14.8. The summed E-state index contributed by atoms with van der Waals surface area (Å²) < 4.78 is 0. The van der Waals surface area contributed by atoms with Gasteiger partial charge in [-0.05, 0) is 56.9 Å². The van der Waals surface area contributed by atoms with Gasteiger partial charge in [0, 0.05) is 70.8 Å². The van der Waals surface area contributed by atoms with Crippen LogP contribution in [-0.2, 0) is 11.3 Å². The van der Waals surface area contributed by atoms with Crippen LogP contribution in [0, 0.1) is 5.92 Å². The molecule has 3 aliphatic rings. The summed E-state index contributed by atoms with van der Waals surface area (Å²) in [6.07, 6.45) is 8.41. The number of likely N-dealkylation sites (tertiary alicyclic amines) is 2. The van der Waals surface area contributed by atoms with Gasteiger partial charge in [-0.25, -0.2) is 0 Å². The zero-order chi connectivity index (χ0) is 20.6. The summed E-state index contributed by atoms with van der Waals surface area (Å²) >= 11 is 0. The minimum atomic E-state index is 0. The Morgan fingerprint density at radius 2 is 1.84 bits per heavy atom. The predicted octanol–water partition coefficient (Wildman–Crippen LogP) is 1.62. The normalized spacial score (nSPS) is 23.7. The third-order valence-electron chi connectivity index (χ3n) is 6.96. The minimum Gasteiger partial charge on any atom is -0.355 e. The second-order valence-electron chi connectivity index (χ2n) is 9.09. The van der Waals surface area contributed by atoms with E-state index in [2.05, 4.69) is 36.4 Å². The molecular weight excluding hydrogens is 447 g/mol. The highest BCUT2D eigenvalue weighted by atomic mass is 35.5. The molecule has 1 aromatic heterocycles. The molecule has 2 N–H and O–H groups in total. The quantitative estimate of drug-likeness (QED) is 0.610. The van der Waals surface area contributed by atoms with E-state index in [1.807, 2.05) is 18.5 Å². The van der Waals surface area contributed by atoms with Crippen molar-refractivity contribution in [1.29, 1.82) is 0 Å². The lowest BCUT2D eigenvalue weighted by atomic mass is 9.93. The molecule has 1 atom stereocenters. The van der Waals surface area contributed by atoms with E-state index >= 15 is 0 Å². The van der Waals surface area contributed by atoms with Gasteiger partial charge >= 0.3 is 0 Å². The Balaban J connectivity index is 0.00000181. The number of hydrogen-bond acceptors (Lipinski definition) is 6. The molecule has 0 bridgehead atoms. The van der Waals surface area contributed by atoms with Crippen molar-refractivity contribution in [3.8, 4) is 0 Å². The maximum absolute atomic E-state index is 12.7. The molecule has 9 heteroatoms. The van der Waals surface area contributed by atoms with E-state index in [0.29, 0.717) is 6.04 Å². The van der Waals surface area contributed by atoms with E-state index in [9.17, 15) is 4.79 Å². The number of carbonyl (C=O) groups is 1. The summed E-state index contributed by atoms with van der Waals surface area (Å²) in [5.41, 5.74) is 1.30. The molecule has 32 heavy (non-hydrogen) atoms. The molecular formula is C23H40Cl2N6O. The number of halogens is 2. The van der Waals surface area contributed by atoms with Crippen LogP contribution >= 0.6 is 24.8 Å². The maximum atomic E-state index is 12.7. The van der Waals surface area contributed by atoms with Gasteiger partial charge in [0.2, 0.25) is 5.91 Å². The molecule has 182 valence electrons. The van der Waals surface area contributed by atoms with E-state index in [4.69, 9.17) is 0 Å². The topological polar surface area (TPSA) is 63.7 Å². The predicted molar refractivity (Wildman–Crippen MR) is 134 cm³/mol. The molecule has 0 saturated carbocycles. The lowest BCUT2D eigenvalue weighted by Crippen LogP contribution is -2.51. The van der Waals surface area contributed by atoms with Crippen molar-refractivity contribution in [3.63, 3.8) is 0 Å². The van der Waals surface area contributed by atoms with Crippen LogP contribution in [0.25, 0.3) is 0 Å². The van der Waals surface area contributed by atoms with Gasteiger partial charge in [0.25, 0.3) is 0 Å². The molecule has 0 radical (unpaired) electrons. The average molecular weight is 488 g/mol. The van der Waals surface area contributed by atoms with E-state index in [1.165, 1.54) is 18.4 Å². The van der Waals surface area contributed by atoms with E-state index in [1.54, 1.807) is 0 Å². The van der Waals surface area contributed by atoms with Crippen LogP contribution in [-0.4, -0.2) is 97.1 Å². The minimum absolute atomic E-state index is 0. The first-order valence-electron chi connectivity index (χ1n) is 11.8. The van der Waals surface area contributed by atoms with Gasteiger partial charge in [-0.1, -0.05) is 6.07 Å². The second kappa shape index (κ2) is 14.3. The molecule has 3 fully saturated rings. The number of nitrogens with one attached hydrogen (secondary N) is 2. The van der Waals surface area contributed by atoms with Crippen molar-refractivity contribution in [2.45, 2.75) is 38.3 Å². The number of piperidine rings is 2. The van der Waals surface area contributed by atoms with Crippen LogP contribution in [0.1, 0.15) is 31.2 Å². The molecule has 3 aliphatic heterocycles. The standard InChI is InChI=1S/C23H38N6O.2ClH/c30-23(26-10-16-27-14-8-24-9-15-27)21-4-2-11-29(19-21)22-5-12-28(13-6-22)18-20-3-1-7-25-17-20;;/h1,3,7,17,21-22,24H,2,4-6,8-16,18-19H2,(H,26,30);2*1H. The molecule has 0 spiro atoms. The number of aromatic nitrogens is 1. The number of amides is 1. The van der Waals surface area contributed by atoms with Gasteiger partial charge in [0.05, 0.1) is 5.92 Å². The molecule has 4 rings (SSSR count). The molecule has 1 amide bonds. The number of piperazine rings is 1. The third kappa shape index (κ3) is 8.12. The zero-order valence-electron chi connectivity index (χ0n) is 19.1. The molecule has 7 nitrogen and oxygen atoms in total. The molecule has 4 heterocycles. The van der Waals surface area contributed by atoms with Crippen molar-refractivity contribution < 1.29 is 4.79 Å². The Kier molecular flexibility index (Phi) is 12.2. The first-order valence-corrected chi connectivity index (χ1v) is 11.8. The van der Waals surface area contributed by atoms with Crippen LogP contribution in [0.4, 0.5) is 0 Å². The van der Waals surface area contributed by atoms with Gasteiger partial charge in [0.15, 0.2) is 0 Å². The van der Waals surface area contributed by atoms with Crippen molar-refractivity contribution in [1.82, 2.24) is 30.3 Å². The summed E-state index contributed by atoms with van der Waals surface area (Å²) in [5, 5.41) is 6.59. The van der Waals surface area contributed by atoms with Crippen molar-refractivity contribution in [3.05, 3.63) is 30.1 Å². The van der Waals surface area contributed by atoms with Crippen LogP contribution in [0.3, 0.4) is 0 Å². The Labute approximate surface area is 205 Å². The van der Waals surface area contributed by atoms with E-state index in [-0.39, 0.29) is 36.6 Å². The fourth-order valence-corrected chi connectivity index (χ4v) is 5.16. The Morgan fingerprint density at radius 3 is 2.56 bits per heavy atom. The number of hydrogen-bond donors (Lipinski definition) is 2. The van der Waals surface area contributed by atoms with Crippen molar-refractivity contribution in [2.24, 2.45) is 5.92 Å². The summed E-state index contributed by atoms with van der Waals surface area (Å²) in [6, 6.07) is 4.81. The average Bonchev–Trinajstić information content (AvgIpc) is 2.81. The van der Waals surface area contributed by atoms with Gasteiger partial charge < -0.3 is 10.6 Å². The van der Waals surface area contributed by atoms with Crippen LogP contribution < -0.4 is 10.6 Å². The fourth-order valence-electron chi connectivity index (χ4n) is 5.16. The van der Waals surface area contributed by atoms with Gasteiger partial charge in [0.1, 0.15) is 0 Å². The largest absolute Gasteiger partial charge is 0.355 e. The van der Waals surface area contributed by atoms with Gasteiger partial charge in [-0.15, -0.1) is 24.8 Å². The Bertz CT molecular complexity index is 653. The number of nitrogens with zero attached hydrogens (tertiary/aromatic N) is 4. The fraction of sp³-hybridized carbons (Fsp3) is 0.739. The Morgan fingerprint density at radius 1 is 1.06 bits per heavy atom. The second-order valence-corrected chi connectivity index (χ2v) is 9.09.